The normalized spacial score (nSPS) is 16.6. The van der Waals surface area contributed by atoms with E-state index in [0.717, 1.165) is 12.8 Å². The van der Waals surface area contributed by atoms with E-state index in [2.05, 4.69) is 32.8 Å². The largest absolute Gasteiger partial charge is 0.444 e. The molecular formula is C30H45N9O5. The topological polar surface area (TPSA) is 175 Å². The second-order valence-corrected chi connectivity index (χ2v) is 12.1. The summed E-state index contributed by atoms with van der Waals surface area (Å²) in [7, 11) is 1.92. The molecule has 2 aromatic rings. The number of piperidine rings is 1. The number of unbranched alkanes of at least 4 members (excludes halogenated alkanes) is 1. The summed E-state index contributed by atoms with van der Waals surface area (Å²) < 4.78 is 6.60. The van der Waals surface area contributed by atoms with E-state index < -0.39 is 11.7 Å². The van der Waals surface area contributed by atoms with Crippen LogP contribution in [-0.2, 0) is 14.3 Å². The first-order valence-electron chi connectivity index (χ1n) is 15.1. The summed E-state index contributed by atoms with van der Waals surface area (Å²) in [6.07, 6.45) is 5.46. The Morgan fingerprint density at radius 1 is 1.09 bits per heavy atom. The molecule has 1 aliphatic heterocycles. The average molecular weight is 612 g/mol. The second kappa shape index (κ2) is 15.9. The predicted molar refractivity (Wildman–Crippen MR) is 165 cm³/mol. The third kappa shape index (κ3) is 9.82. The van der Waals surface area contributed by atoms with Gasteiger partial charge in [-0.2, -0.15) is 5.26 Å². The number of carbonyl (C=O) groups excluding carboxylic acids is 4. The number of carbonyl (C=O) groups is 4. The third-order valence-corrected chi connectivity index (χ3v) is 7.46. The number of hydrogen-bond donors (Lipinski definition) is 3. The molecule has 240 valence electrons. The van der Waals surface area contributed by atoms with Crippen molar-refractivity contribution in [3.63, 3.8) is 0 Å². The number of nitrogens with one attached hydrogen (secondary N) is 3. The van der Waals surface area contributed by atoms with Gasteiger partial charge in [0.1, 0.15) is 24.2 Å². The Labute approximate surface area is 258 Å². The molecule has 0 aliphatic carbocycles. The molecule has 1 aliphatic rings. The molecule has 44 heavy (non-hydrogen) atoms. The molecule has 0 aromatic carbocycles. The van der Waals surface area contributed by atoms with E-state index in [0.29, 0.717) is 68.3 Å². The zero-order valence-corrected chi connectivity index (χ0v) is 26.4. The van der Waals surface area contributed by atoms with E-state index in [9.17, 15) is 19.2 Å². The highest BCUT2D eigenvalue weighted by Gasteiger charge is 2.33. The summed E-state index contributed by atoms with van der Waals surface area (Å²) in [5, 5.41) is 18.0. The number of hydrogen-bond acceptors (Lipinski definition) is 9. The number of fused-ring (bicyclic) bond motifs is 1. The van der Waals surface area contributed by atoms with Crippen molar-refractivity contribution in [3.8, 4) is 6.07 Å². The lowest BCUT2D eigenvalue weighted by Gasteiger charge is -2.42. The van der Waals surface area contributed by atoms with Crippen molar-refractivity contribution in [1.29, 1.82) is 5.26 Å². The number of likely N-dealkylation sites (tertiary alicyclic amines) is 1. The van der Waals surface area contributed by atoms with E-state index in [1.165, 1.54) is 10.9 Å². The van der Waals surface area contributed by atoms with E-state index in [1.54, 1.807) is 37.9 Å². The van der Waals surface area contributed by atoms with Crippen molar-refractivity contribution in [1.82, 2.24) is 35.4 Å². The molecule has 3 heterocycles. The lowest BCUT2D eigenvalue weighted by Crippen LogP contribution is -2.52. The van der Waals surface area contributed by atoms with Gasteiger partial charge in [0.05, 0.1) is 17.5 Å². The minimum absolute atomic E-state index is 0.0123. The standard InChI is InChI=1S/C30H45N9O5/c1-21-11-17-38(25(41)10-13-31)19-23(21)37(5)26-22-12-18-39(27(22)36-20-35-26)28(42)33-16-8-9-24(40)32-14-6-7-15-34-29(43)44-30(2,3)4/h12,18,20-21,23H,6-11,14-17,19H2,1-5H3,(H,32,40)(H,33,42)(H,34,43)/t21-,23?/m1/s1. The fourth-order valence-corrected chi connectivity index (χ4v) is 5.10. The number of likely N-dealkylation sites (N-methyl/N-ethyl adjacent to an activating group) is 1. The smallest absolute Gasteiger partial charge is 0.407 e. The molecule has 0 radical (unpaired) electrons. The maximum absolute atomic E-state index is 12.9. The van der Waals surface area contributed by atoms with Crippen LogP contribution in [0.25, 0.3) is 11.0 Å². The highest BCUT2D eigenvalue weighted by Crippen LogP contribution is 2.29. The Bertz CT molecular complexity index is 1350. The van der Waals surface area contributed by atoms with Gasteiger partial charge in [-0.05, 0) is 58.4 Å². The van der Waals surface area contributed by atoms with E-state index in [4.69, 9.17) is 10.00 Å². The van der Waals surface area contributed by atoms with Gasteiger partial charge in [-0.15, -0.1) is 0 Å². The van der Waals surface area contributed by atoms with Crippen molar-refractivity contribution in [3.05, 3.63) is 18.6 Å². The van der Waals surface area contributed by atoms with Crippen LogP contribution in [-0.4, -0.2) is 94.8 Å². The number of anilines is 1. The lowest BCUT2D eigenvalue weighted by atomic mass is 9.92. The van der Waals surface area contributed by atoms with Crippen LogP contribution in [0.2, 0.25) is 0 Å². The van der Waals surface area contributed by atoms with Crippen molar-refractivity contribution < 1.29 is 23.9 Å². The fourth-order valence-electron chi connectivity index (χ4n) is 5.10. The van der Waals surface area contributed by atoms with Crippen molar-refractivity contribution in [2.45, 2.75) is 77.9 Å². The average Bonchev–Trinajstić information content (AvgIpc) is 3.40. The molecule has 1 fully saturated rings. The van der Waals surface area contributed by atoms with Gasteiger partial charge < -0.3 is 30.5 Å². The van der Waals surface area contributed by atoms with E-state index in [-0.39, 0.29) is 36.7 Å². The molecule has 14 nitrogen and oxygen atoms in total. The van der Waals surface area contributed by atoms with Gasteiger partial charge in [-0.25, -0.2) is 19.6 Å². The van der Waals surface area contributed by atoms with Gasteiger partial charge in [0, 0.05) is 52.4 Å². The van der Waals surface area contributed by atoms with Gasteiger partial charge in [0.25, 0.3) is 0 Å². The van der Waals surface area contributed by atoms with Crippen LogP contribution < -0.4 is 20.9 Å². The third-order valence-electron chi connectivity index (χ3n) is 7.46. The zero-order chi connectivity index (χ0) is 32.3. The van der Waals surface area contributed by atoms with Crippen molar-refractivity contribution >= 4 is 40.8 Å². The molecule has 3 rings (SSSR count). The molecule has 1 saturated heterocycles. The maximum atomic E-state index is 12.9. The summed E-state index contributed by atoms with van der Waals surface area (Å²) in [5.41, 5.74) is -0.0808. The first kappa shape index (κ1) is 34.1. The molecule has 0 bridgehead atoms. The Morgan fingerprint density at radius 3 is 2.50 bits per heavy atom. The van der Waals surface area contributed by atoms with Crippen molar-refractivity contribution in [2.75, 3.05) is 44.7 Å². The molecule has 4 amide bonds. The lowest BCUT2D eigenvalue weighted by molar-refractivity contribution is -0.131. The minimum Gasteiger partial charge on any atom is -0.444 e. The van der Waals surface area contributed by atoms with Gasteiger partial charge in [-0.1, -0.05) is 6.92 Å². The quantitative estimate of drug-likeness (QED) is 0.305. The molecular weight excluding hydrogens is 566 g/mol. The Kier molecular flexibility index (Phi) is 12.3. The number of nitrogens with zero attached hydrogens (tertiary/aromatic N) is 6. The number of aromatic nitrogens is 3. The number of rotatable bonds is 12. The van der Waals surface area contributed by atoms with Crippen LogP contribution in [0.3, 0.4) is 0 Å². The molecule has 0 spiro atoms. The number of nitriles is 1. The van der Waals surface area contributed by atoms with Gasteiger partial charge in [0.15, 0.2) is 5.65 Å². The number of alkyl carbamates (subject to hydrolysis) is 1. The van der Waals surface area contributed by atoms with Crippen LogP contribution >= 0.6 is 0 Å². The molecule has 2 aromatic heterocycles. The van der Waals surface area contributed by atoms with Gasteiger partial charge in [-0.3, -0.25) is 14.2 Å². The fraction of sp³-hybridized carbons (Fsp3) is 0.633. The van der Waals surface area contributed by atoms with Gasteiger partial charge in [0.2, 0.25) is 11.8 Å². The highest BCUT2D eigenvalue weighted by molar-refractivity contribution is 5.95. The summed E-state index contributed by atoms with van der Waals surface area (Å²) in [6, 6.07) is 3.36. The first-order chi connectivity index (χ1) is 20.9. The molecule has 2 atom stereocenters. The van der Waals surface area contributed by atoms with E-state index in [1.807, 2.05) is 18.0 Å². The van der Waals surface area contributed by atoms with E-state index >= 15 is 0 Å². The van der Waals surface area contributed by atoms with Crippen LogP contribution in [0.1, 0.15) is 66.2 Å². The van der Waals surface area contributed by atoms with Crippen molar-refractivity contribution in [2.24, 2.45) is 5.92 Å². The van der Waals surface area contributed by atoms with Crippen LogP contribution in [0.15, 0.2) is 18.6 Å². The molecule has 14 heteroatoms. The Morgan fingerprint density at radius 2 is 1.80 bits per heavy atom. The van der Waals surface area contributed by atoms with Crippen LogP contribution in [0.5, 0.6) is 0 Å². The number of ether oxygens (including phenoxy) is 1. The monoisotopic (exact) mass is 611 g/mol. The first-order valence-corrected chi connectivity index (χ1v) is 15.1. The Hall–Kier alpha value is -4.41. The number of amides is 4. The summed E-state index contributed by atoms with van der Waals surface area (Å²) in [6.45, 7) is 9.95. The van der Waals surface area contributed by atoms with Crippen LogP contribution in [0.4, 0.5) is 15.4 Å². The molecule has 0 saturated carbocycles. The summed E-state index contributed by atoms with van der Waals surface area (Å²) >= 11 is 0. The minimum atomic E-state index is -0.538. The predicted octanol–water partition coefficient (Wildman–Crippen LogP) is 2.78. The molecule has 1 unspecified atom stereocenters. The summed E-state index contributed by atoms with van der Waals surface area (Å²) in [4.78, 5) is 61.7. The van der Waals surface area contributed by atoms with Crippen LogP contribution in [0, 0.1) is 17.2 Å². The second-order valence-electron chi connectivity index (χ2n) is 12.1. The Balaban J connectivity index is 1.43. The summed E-state index contributed by atoms with van der Waals surface area (Å²) in [5.74, 6) is 0.678. The zero-order valence-electron chi connectivity index (χ0n) is 26.4. The highest BCUT2D eigenvalue weighted by atomic mass is 16.6. The molecule has 3 N–H and O–H groups in total. The van der Waals surface area contributed by atoms with Gasteiger partial charge >= 0.3 is 12.1 Å². The SMILES string of the molecule is C[C@@H]1CCN(C(=O)CC#N)CC1N(C)c1ncnc2c1ccn2C(=O)NCCCC(=O)NCCCCNC(=O)OC(C)(C)C. The maximum Gasteiger partial charge on any atom is 0.407 e.